The van der Waals surface area contributed by atoms with E-state index < -0.39 is 6.10 Å². The highest BCUT2D eigenvalue weighted by molar-refractivity contribution is 5.49. The Labute approximate surface area is 119 Å². The smallest absolute Gasteiger partial charge is 0.166 e. The predicted octanol–water partition coefficient (Wildman–Crippen LogP) is 0.737. The summed E-state index contributed by atoms with van der Waals surface area (Å²) in [6.07, 6.45) is -0.488. The summed E-state index contributed by atoms with van der Waals surface area (Å²) < 4.78 is 11.1. The maximum atomic E-state index is 10.4. The van der Waals surface area contributed by atoms with E-state index in [1.54, 1.807) is 7.11 Å². The van der Waals surface area contributed by atoms with Crippen LogP contribution in [0.5, 0.6) is 11.5 Å². The molecule has 2 aliphatic rings. The van der Waals surface area contributed by atoms with Gasteiger partial charge in [-0.2, -0.15) is 0 Å². The van der Waals surface area contributed by atoms with Gasteiger partial charge in [0, 0.05) is 31.7 Å². The van der Waals surface area contributed by atoms with Crippen LogP contribution in [0.15, 0.2) is 18.2 Å². The molecule has 5 nitrogen and oxygen atoms in total. The highest BCUT2D eigenvalue weighted by atomic mass is 16.5. The van der Waals surface area contributed by atoms with Gasteiger partial charge in [-0.15, -0.1) is 0 Å². The summed E-state index contributed by atoms with van der Waals surface area (Å²) in [6.45, 7) is 4.32. The summed E-state index contributed by atoms with van der Waals surface area (Å²) in [7, 11) is 3.78. The van der Waals surface area contributed by atoms with Crippen LogP contribution in [0, 0.1) is 0 Å². The maximum Gasteiger partial charge on any atom is 0.166 e. The Morgan fingerprint density at radius 2 is 2.00 bits per heavy atom. The molecule has 0 aliphatic carbocycles. The normalized spacial score (nSPS) is 27.8. The number of rotatable bonds is 2. The number of ether oxygens (including phenoxy) is 2. The molecule has 0 radical (unpaired) electrons. The fourth-order valence-corrected chi connectivity index (χ4v) is 3.09. The molecule has 2 aliphatic heterocycles. The number of piperazine rings is 1. The third kappa shape index (κ3) is 2.37. The van der Waals surface area contributed by atoms with Gasteiger partial charge in [0.1, 0.15) is 12.7 Å². The van der Waals surface area contributed by atoms with Crippen LogP contribution in [0.4, 0.5) is 0 Å². The van der Waals surface area contributed by atoms with E-state index in [2.05, 4.69) is 16.8 Å². The third-order valence-corrected chi connectivity index (χ3v) is 4.24. The van der Waals surface area contributed by atoms with Crippen molar-refractivity contribution in [3.63, 3.8) is 0 Å². The second kappa shape index (κ2) is 5.60. The zero-order valence-corrected chi connectivity index (χ0v) is 12.1. The van der Waals surface area contributed by atoms with Crippen LogP contribution in [0.1, 0.15) is 11.6 Å². The molecule has 1 fully saturated rings. The largest absolute Gasteiger partial charge is 0.493 e. The Morgan fingerprint density at radius 1 is 1.25 bits per heavy atom. The number of benzene rings is 1. The number of aliphatic hydroxyl groups excluding tert-OH is 1. The molecule has 2 unspecified atom stereocenters. The van der Waals surface area contributed by atoms with Crippen molar-refractivity contribution in [2.45, 2.75) is 12.1 Å². The van der Waals surface area contributed by atoms with Crippen molar-refractivity contribution in [1.29, 1.82) is 0 Å². The highest BCUT2D eigenvalue weighted by Crippen LogP contribution is 2.42. The molecular formula is C15H22N2O3. The van der Waals surface area contributed by atoms with Gasteiger partial charge in [-0.1, -0.05) is 12.1 Å². The van der Waals surface area contributed by atoms with Crippen LogP contribution in [-0.2, 0) is 0 Å². The van der Waals surface area contributed by atoms with Gasteiger partial charge in [0.25, 0.3) is 0 Å². The van der Waals surface area contributed by atoms with Crippen LogP contribution in [-0.4, -0.2) is 68.0 Å². The van der Waals surface area contributed by atoms with Crippen molar-refractivity contribution in [1.82, 2.24) is 9.80 Å². The maximum absolute atomic E-state index is 10.4. The van der Waals surface area contributed by atoms with E-state index in [0.29, 0.717) is 6.61 Å². The van der Waals surface area contributed by atoms with E-state index in [9.17, 15) is 5.11 Å². The number of hydrogen-bond acceptors (Lipinski definition) is 5. The molecule has 0 amide bonds. The number of nitrogens with zero attached hydrogens (tertiary/aromatic N) is 2. The number of aliphatic hydroxyl groups is 1. The highest BCUT2D eigenvalue weighted by Gasteiger charge is 2.36. The minimum atomic E-state index is -0.488. The number of likely N-dealkylation sites (N-methyl/N-ethyl adjacent to an activating group) is 1. The molecule has 1 aromatic carbocycles. The van der Waals surface area contributed by atoms with Crippen LogP contribution < -0.4 is 9.47 Å². The Balaban J connectivity index is 1.91. The number of fused-ring (bicyclic) bond motifs is 1. The Hall–Kier alpha value is -1.30. The molecule has 3 rings (SSSR count). The second-order valence-corrected chi connectivity index (χ2v) is 5.54. The van der Waals surface area contributed by atoms with Crippen molar-refractivity contribution in [2.24, 2.45) is 0 Å². The van der Waals surface area contributed by atoms with Gasteiger partial charge in [-0.25, -0.2) is 0 Å². The van der Waals surface area contributed by atoms with E-state index >= 15 is 0 Å². The van der Waals surface area contributed by atoms with E-state index in [1.807, 2.05) is 18.2 Å². The third-order valence-electron chi connectivity index (χ3n) is 4.24. The first kappa shape index (κ1) is 13.7. The van der Waals surface area contributed by atoms with E-state index in [0.717, 1.165) is 43.2 Å². The molecule has 1 saturated heterocycles. The molecule has 2 atom stereocenters. The van der Waals surface area contributed by atoms with E-state index in [4.69, 9.17) is 9.47 Å². The summed E-state index contributed by atoms with van der Waals surface area (Å²) in [5, 5.41) is 10.4. The quantitative estimate of drug-likeness (QED) is 0.864. The van der Waals surface area contributed by atoms with E-state index in [1.165, 1.54) is 0 Å². The lowest BCUT2D eigenvalue weighted by atomic mass is 9.95. The Bertz CT molecular complexity index is 472. The molecular weight excluding hydrogens is 256 g/mol. The van der Waals surface area contributed by atoms with Gasteiger partial charge < -0.3 is 19.5 Å². The molecule has 1 aromatic rings. The Kier molecular flexibility index (Phi) is 3.83. The fraction of sp³-hybridized carbons (Fsp3) is 0.600. The van der Waals surface area contributed by atoms with Crippen molar-refractivity contribution in [3.8, 4) is 11.5 Å². The lowest BCUT2D eigenvalue weighted by molar-refractivity contribution is -0.0160. The zero-order valence-electron chi connectivity index (χ0n) is 12.1. The zero-order chi connectivity index (χ0) is 14.1. The van der Waals surface area contributed by atoms with Gasteiger partial charge in [-0.3, -0.25) is 4.90 Å². The summed E-state index contributed by atoms with van der Waals surface area (Å²) >= 11 is 0. The van der Waals surface area contributed by atoms with Crippen molar-refractivity contribution >= 4 is 0 Å². The van der Waals surface area contributed by atoms with Crippen LogP contribution >= 0.6 is 0 Å². The molecule has 20 heavy (non-hydrogen) atoms. The van der Waals surface area contributed by atoms with Crippen molar-refractivity contribution in [2.75, 3.05) is 46.9 Å². The van der Waals surface area contributed by atoms with Crippen molar-refractivity contribution in [3.05, 3.63) is 23.8 Å². The summed E-state index contributed by atoms with van der Waals surface area (Å²) in [5.74, 6) is 1.53. The minimum Gasteiger partial charge on any atom is -0.493 e. The predicted molar refractivity (Wildman–Crippen MR) is 76.3 cm³/mol. The Morgan fingerprint density at radius 3 is 2.70 bits per heavy atom. The topological polar surface area (TPSA) is 45.2 Å². The minimum absolute atomic E-state index is 0.00236. The van der Waals surface area contributed by atoms with Crippen LogP contribution in [0.25, 0.3) is 0 Å². The molecule has 2 heterocycles. The first-order valence-electron chi connectivity index (χ1n) is 7.11. The standard InChI is InChI=1S/C15H22N2O3/c1-16-6-8-17(9-7-16)14-11-4-3-5-13(19-2)15(11)20-10-12(14)18/h3-5,12,14,18H,6-10H2,1-2H3. The molecule has 5 heteroatoms. The molecule has 0 spiro atoms. The SMILES string of the molecule is COc1cccc2c1OCC(O)C2N1CCN(C)CC1. The van der Waals surface area contributed by atoms with Crippen molar-refractivity contribution < 1.29 is 14.6 Å². The summed E-state index contributed by atoms with van der Waals surface area (Å²) in [5.41, 5.74) is 1.03. The fourth-order valence-electron chi connectivity index (χ4n) is 3.09. The molecule has 110 valence electrons. The van der Waals surface area contributed by atoms with Gasteiger partial charge in [0.15, 0.2) is 11.5 Å². The molecule has 0 bridgehead atoms. The summed E-state index contributed by atoms with van der Waals surface area (Å²) in [6, 6.07) is 5.89. The van der Waals surface area contributed by atoms with Crippen LogP contribution in [0.2, 0.25) is 0 Å². The number of hydrogen-bond donors (Lipinski definition) is 1. The molecule has 0 saturated carbocycles. The lowest BCUT2D eigenvalue weighted by Gasteiger charge is -2.42. The average Bonchev–Trinajstić information content (AvgIpc) is 2.47. The monoisotopic (exact) mass is 278 g/mol. The van der Waals surface area contributed by atoms with Gasteiger partial charge in [0.2, 0.25) is 0 Å². The second-order valence-electron chi connectivity index (χ2n) is 5.54. The summed E-state index contributed by atoms with van der Waals surface area (Å²) in [4.78, 5) is 4.67. The van der Waals surface area contributed by atoms with Crippen LogP contribution in [0.3, 0.4) is 0 Å². The average molecular weight is 278 g/mol. The number of para-hydroxylation sites is 1. The first-order chi connectivity index (χ1) is 9.70. The lowest BCUT2D eigenvalue weighted by Crippen LogP contribution is -2.50. The molecule has 0 aromatic heterocycles. The van der Waals surface area contributed by atoms with Gasteiger partial charge in [-0.05, 0) is 13.1 Å². The van der Waals surface area contributed by atoms with E-state index in [-0.39, 0.29) is 6.04 Å². The van der Waals surface area contributed by atoms with Gasteiger partial charge in [0.05, 0.1) is 13.2 Å². The number of methoxy groups -OCH3 is 1. The first-order valence-corrected chi connectivity index (χ1v) is 7.11. The van der Waals surface area contributed by atoms with Gasteiger partial charge >= 0.3 is 0 Å². The molecule has 1 N–H and O–H groups in total.